The lowest BCUT2D eigenvalue weighted by Crippen LogP contribution is -2.49. The third-order valence-electron chi connectivity index (χ3n) is 6.65. The number of hydrogen-bond acceptors (Lipinski definition) is 3. The van der Waals surface area contributed by atoms with Crippen molar-refractivity contribution >= 4 is 16.9 Å². The number of ether oxygens (including phenoxy) is 1. The summed E-state index contributed by atoms with van der Waals surface area (Å²) >= 11 is 0. The smallest absolute Gasteiger partial charge is 0.191 e. The van der Waals surface area contributed by atoms with E-state index in [-0.39, 0.29) is 0 Å². The molecule has 0 aliphatic carbocycles. The fraction of sp³-hybridized carbons (Fsp3) is 0.625. The first kappa shape index (κ1) is 21.2. The molecule has 0 saturated carbocycles. The van der Waals surface area contributed by atoms with Crippen LogP contribution in [-0.4, -0.2) is 68.3 Å². The predicted octanol–water partition coefficient (Wildman–Crippen LogP) is 2.94. The van der Waals surface area contributed by atoms with E-state index in [2.05, 4.69) is 56.8 Å². The number of nitrogens with one attached hydrogen (secondary N) is 3. The second-order valence-corrected chi connectivity index (χ2v) is 8.70. The van der Waals surface area contributed by atoms with Gasteiger partial charge in [-0.2, -0.15) is 0 Å². The lowest BCUT2D eigenvalue weighted by atomic mass is 10.0. The minimum Gasteiger partial charge on any atom is -0.381 e. The van der Waals surface area contributed by atoms with Crippen molar-refractivity contribution in [3.05, 3.63) is 35.5 Å². The van der Waals surface area contributed by atoms with E-state index < -0.39 is 0 Å². The third-order valence-corrected chi connectivity index (χ3v) is 6.65. The summed E-state index contributed by atoms with van der Waals surface area (Å²) in [5.41, 5.74) is 4.04. The van der Waals surface area contributed by atoms with E-state index >= 15 is 0 Å². The Morgan fingerprint density at radius 3 is 2.83 bits per heavy atom. The number of aromatic amines is 1. The number of nitrogens with zero attached hydrogens (tertiary/aromatic N) is 2. The van der Waals surface area contributed by atoms with Crippen molar-refractivity contribution < 1.29 is 4.74 Å². The van der Waals surface area contributed by atoms with Crippen molar-refractivity contribution in [2.45, 2.75) is 45.1 Å². The Morgan fingerprint density at radius 1 is 1.23 bits per heavy atom. The molecule has 3 heterocycles. The Bertz CT molecular complexity index is 831. The van der Waals surface area contributed by atoms with E-state index in [1.165, 1.54) is 60.9 Å². The van der Waals surface area contributed by atoms with Crippen LogP contribution >= 0.6 is 0 Å². The Hall–Kier alpha value is -2.05. The van der Waals surface area contributed by atoms with Crippen LogP contribution in [0.25, 0.3) is 10.9 Å². The number of benzene rings is 1. The summed E-state index contributed by atoms with van der Waals surface area (Å²) in [6.45, 7) is 8.52. The second-order valence-electron chi connectivity index (χ2n) is 8.70. The standard InChI is InChI=1S/C24H37N5O/c1-3-19-5-4-6-22-20(15-27-23(19)22)7-11-26-24(25-2)28-21-8-12-29(13-9-21)16-18-10-14-30-17-18/h4-6,15,18,21,27H,3,7-14,16-17H2,1-2H3,(H2,25,26,28). The first-order valence-electron chi connectivity index (χ1n) is 11.6. The first-order valence-corrected chi connectivity index (χ1v) is 11.6. The van der Waals surface area contributed by atoms with Crippen LogP contribution in [0.5, 0.6) is 0 Å². The number of hydrogen-bond donors (Lipinski definition) is 3. The van der Waals surface area contributed by atoms with Gasteiger partial charge in [0.25, 0.3) is 0 Å². The molecule has 1 unspecified atom stereocenters. The summed E-state index contributed by atoms with van der Waals surface area (Å²) in [6, 6.07) is 7.10. The molecule has 1 aromatic carbocycles. The number of likely N-dealkylation sites (tertiary alicyclic amines) is 1. The number of rotatable bonds is 7. The van der Waals surface area contributed by atoms with Gasteiger partial charge < -0.3 is 25.3 Å². The highest BCUT2D eigenvalue weighted by Gasteiger charge is 2.24. The molecular weight excluding hydrogens is 374 g/mol. The van der Waals surface area contributed by atoms with Crippen LogP contribution in [0.3, 0.4) is 0 Å². The van der Waals surface area contributed by atoms with Gasteiger partial charge in [-0.1, -0.05) is 25.1 Å². The van der Waals surface area contributed by atoms with Crippen molar-refractivity contribution in [1.82, 2.24) is 20.5 Å². The SMILES string of the molecule is CCc1cccc2c(CCNC(=NC)NC3CCN(CC4CCOC4)CC3)c[nH]c12. The van der Waals surface area contributed by atoms with Crippen molar-refractivity contribution in [1.29, 1.82) is 0 Å². The van der Waals surface area contributed by atoms with Crippen LogP contribution in [0.1, 0.15) is 37.3 Å². The fourth-order valence-corrected chi connectivity index (χ4v) is 4.83. The van der Waals surface area contributed by atoms with Crippen LogP contribution in [0.4, 0.5) is 0 Å². The van der Waals surface area contributed by atoms with Gasteiger partial charge in [0.15, 0.2) is 5.96 Å². The molecule has 1 atom stereocenters. The third kappa shape index (κ3) is 5.16. The van der Waals surface area contributed by atoms with Crippen LogP contribution in [0.15, 0.2) is 29.4 Å². The summed E-state index contributed by atoms with van der Waals surface area (Å²) in [6.07, 6.45) is 7.78. The molecule has 2 aliphatic rings. The molecule has 0 spiro atoms. The molecule has 164 valence electrons. The molecule has 1 aromatic heterocycles. The van der Waals surface area contributed by atoms with Gasteiger partial charge in [0.2, 0.25) is 0 Å². The lowest BCUT2D eigenvalue weighted by Gasteiger charge is -2.34. The molecule has 0 radical (unpaired) electrons. The summed E-state index contributed by atoms with van der Waals surface area (Å²) < 4.78 is 5.52. The number of aromatic nitrogens is 1. The van der Waals surface area contributed by atoms with Gasteiger partial charge in [0.05, 0.1) is 6.61 Å². The lowest BCUT2D eigenvalue weighted by molar-refractivity contribution is 0.150. The summed E-state index contributed by atoms with van der Waals surface area (Å²) in [5, 5.41) is 8.49. The van der Waals surface area contributed by atoms with Gasteiger partial charge in [-0.15, -0.1) is 0 Å². The zero-order chi connectivity index (χ0) is 20.8. The molecule has 6 heteroatoms. The Morgan fingerprint density at radius 2 is 2.10 bits per heavy atom. The number of aryl methyl sites for hydroxylation is 1. The monoisotopic (exact) mass is 411 g/mol. The van der Waals surface area contributed by atoms with Crippen LogP contribution < -0.4 is 10.6 Å². The van der Waals surface area contributed by atoms with Crippen molar-refractivity contribution in [3.63, 3.8) is 0 Å². The van der Waals surface area contributed by atoms with Crippen LogP contribution in [0.2, 0.25) is 0 Å². The predicted molar refractivity (Wildman–Crippen MR) is 124 cm³/mol. The van der Waals surface area contributed by atoms with Gasteiger partial charge >= 0.3 is 0 Å². The largest absolute Gasteiger partial charge is 0.381 e. The molecule has 2 aromatic rings. The highest BCUT2D eigenvalue weighted by atomic mass is 16.5. The molecule has 0 bridgehead atoms. The zero-order valence-electron chi connectivity index (χ0n) is 18.5. The summed E-state index contributed by atoms with van der Waals surface area (Å²) in [5.74, 6) is 1.66. The number of fused-ring (bicyclic) bond motifs is 1. The highest BCUT2D eigenvalue weighted by molar-refractivity contribution is 5.86. The molecule has 3 N–H and O–H groups in total. The minimum absolute atomic E-state index is 0.507. The summed E-state index contributed by atoms with van der Waals surface area (Å²) in [4.78, 5) is 10.5. The number of para-hydroxylation sites is 1. The molecule has 30 heavy (non-hydrogen) atoms. The Labute approximate surface area is 180 Å². The molecule has 6 nitrogen and oxygen atoms in total. The molecule has 2 aliphatic heterocycles. The zero-order valence-corrected chi connectivity index (χ0v) is 18.5. The average molecular weight is 412 g/mol. The molecule has 2 fully saturated rings. The second kappa shape index (κ2) is 10.3. The van der Waals surface area contributed by atoms with Gasteiger partial charge in [0.1, 0.15) is 0 Å². The Balaban J connectivity index is 1.21. The van der Waals surface area contributed by atoms with E-state index in [0.717, 1.165) is 44.5 Å². The van der Waals surface area contributed by atoms with Gasteiger partial charge in [-0.05, 0) is 49.1 Å². The normalized spacial score (nSPS) is 21.4. The highest BCUT2D eigenvalue weighted by Crippen LogP contribution is 2.22. The molecule has 4 rings (SSSR count). The number of aliphatic imine (C=N–C) groups is 1. The van der Waals surface area contributed by atoms with E-state index in [4.69, 9.17) is 4.74 Å². The topological polar surface area (TPSA) is 64.7 Å². The quantitative estimate of drug-likeness (QED) is 0.484. The van der Waals surface area contributed by atoms with Gasteiger partial charge in [0, 0.05) is 63.0 Å². The van der Waals surface area contributed by atoms with E-state index in [0.29, 0.717) is 6.04 Å². The van der Waals surface area contributed by atoms with Crippen molar-refractivity contribution in [3.8, 4) is 0 Å². The summed E-state index contributed by atoms with van der Waals surface area (Å²) in [7, 11) is 1.86. The number of guanidine groups is 1. The minimum atomic E-state index is 0.507. The molecule has 2 saturated heterocycles. The van der Waals surface area contributed by atoms with Crippen molar-refractivity contribution in [2.24, 2.45) is 10.9 Å². The van der Waals surface area contributed by atoms with Gasteiger partial charge in [-0.25, -0.2) is 0 Å². The maximum atomic E-state index is 5.52. The molecule has 0 amide bonds. The fourth-order valence-electron chi connectivity index (χ4n) is 4.83. The van der Waals surface area contributed by atoms with Gasteiger partial charge in [-0.3, -0.25) is 4.99 Å². The maximum Gasteiger partial charge on any atom is 0.191 e. The van der Waals surface area contributed by atoms with Crippen molar-refractivity contribution in [2.75, 3.05) is 46.4 Å². The molecular formula is C24H37N5O. The number of H-pyrrole nitrogens is 1. The maximum absolute atomic E-state index is 5.52. The Kier molecular flexibility index (Phi) is 7.28. The van der Waals surface area contributed by atoms with E-state index in [1.54, 1.807) is 0 Å². The van der Waals surface area contributed by atoms with E-state index in [9.17, 15) is 0 Å². The van der Waals surface area contributed by atoms with E-state index in [1.807, 2.05) is 7.05 Å². The average Bonchev–Trinajstić information content (AvgIpc) is 3.44. The van der Waals surface area contributed by atoms with Crippen LogP contribution in [-0.2, 0) is 17.6 Å². The number of piperidine rings is 1. The van der Waals surface area contributed by atoms with Crippen LogP contribution in [0, 0.1) is 5.92 Å². The first-order chi connectivity index (χ1) is 14.8.